The predicted octanol–water partition coefficient (Wildman–Crippen LogP) is 3.65. The molecule has 2 nitrogen and oxygen atoms in total. The third kappa shape index (κ3) is 3.81. The van der Waals surface area contributed by atoms with E-state index in [0.717, 1.165) is 25.2 Å². The van der Waals surface area contributed by atoms with E-state index in [-0.39, 0.29) is 0 Å². The normalized spacial score (nSPS) is 30.6. The highest BCUT2D eigenvalue weighted by atomic mass is 16.1. The zero-order valence-electron chi connectivity index (χ0n) is 12.2. The molecular weight excluding hydrogens is 222 g/mol. The summed E-state index contributed by atoms with van der Waals surface area (Å²) in [5, 5.41) is 0. The summed E-state index contributed by atoms with van der Waals surface area (Å²) >= 11 is 0. The fourth-order valence-electron chi connectivity index (χ4n) is 3.76. The first kappa shape index (κ1) is 14.0. The Labute approximate surface area is 112 Å². The van der Waals surface area contributed by atoms with Gasteiger partial charge in [0.1, 0.15) is 5.78 Å². The minimum Gasteiger partial charge on any atom is -0.306 e. The molecule has 0 heterocycles. The summed E-state index contributed by atoms with van der Waals surface area (Å²) in [6.07, 6.45) is 12.3. The van der Waals surface area contributed by atoms with Crippen molar-refractivity contribution in [3.05, 3.63) is 0 Å². The molecule has 0 aromatic rings. The van der Waals surface area contributed by atoms with Crippen LogP contribution in [0.4, 0.5) is 0 Å². The first-order chi connectivity index (χ1) is 8.66. The van der Waals surface area contributed by atoms with Crippen LogP contribution in [-0.2, 0) is 4.79 Å². The minimum atomic E-state index is 0.392. The van der Waals surface area contributed by atoms with Gasteiger partial charge in [0.25, 0.3) is 0 Å². The van der Waals surface area contributed by atoms with Crippen molar-refractivity contribution >= 4 is 5.78 Å². The highest BCUT2D eigenvalue weighted by Gasteiger charge is 2.28. The fourth-order valence-corrected chi connectivity index (χ4v) is 3.76. The Morgan fingerprint density at radius 3 is 2.11 bits per heavy atom. The summed E-state index contributed by atoms with van der Waals surface area (Å²) in [6.45, 7) is 0. The molecule has 2 aliphatic carbocycles. The second kappa shape index (κ2) is 6.70. The number of nitrogens with zero attached hydrogens (tertiary/aromatic N) is 1. The van der Waals surface area contributed by atoms with Crippen molar-refractivity contribution in [2.75, 3.05) is 14.1 Å². The van der Waals surface area contributed by atoms with Gasteiger partial charge in [0.05, 0.1) is 0 Å². The molecule has 0 spiro atoms. The van der Waals surface area contributed by atoms with Gasteiger partial charge in [0.2, 0.25) is 0 Å². The monoisotopic (exact) mass is 251 g/mol. The van der Waals surface area contributed by atoms with Crippen LogP contribution in [0.3, 0.4) is 0 Å². The molecule has 0 unspecified atom stereocenters. The second-order valence-corrected chi connectivity index (χ2v) is 6.64. The van der Waals surface area contributed by atoms with Crippen LogP contribution in [0.25, 0.3) is 0 Å². The molecule has 0 aromatic carbocycles. The van der Waals surface area contributed by atoms with Gasteiger partial charge in [-0.1, -0.05) is 32.1 Å². The maximum absolute atomic E-state index is 12.3. The average molecular weight is 251 g/mol. The van der Waals surface area contributed by atoms with Crippen LogP contribution < -0.4 is 0 Å². The summed E-state index contributed by atoms with van der Waals surface area (Å²) in [5.41, 5.74) is 0. The Morgan fingerprint density at radius 2 is 1.56 bits per heavy atom. The van der Waals surface area contributed by atoms with E-state index in [1.54, 1.807) is 0 Å². The molecule has 0 N–H and O–H groups in total. The number of hydrogen-bond donors (Lipinski definition) is 0. The number of carbonyl (C=O) groups is 1. The summed E-state index contributed by atoms with van der Waals surface area (Å²) in [5.74, 6) is 1.69. The van der Waals surface area contributed by atoms with Gasteiger partial charge in [-0.25, -0.2) is 0 Å². The largest absolute Gasteiger partial charge is 0.306 e. The van der Waals surface area contributed by atoms with E-state index >= 15 is 0 Å². The number of hydrogen-bond acceptors (Lipinski definition) is 2. The molecule has 2 rings (SSSR count). The molecule has 0 aromatic heterocycles. The van der Waals surface area contributed by atoms with Crippen LogP contribution in [0.5, 0.6) is 0 Å². The lowest BCUT2D eigenvalue weighted by Gasteiger charge is -2.32. The quantitative estimate of drug-likeness (QED) is 0.760. The van der Waals surface area contributed by atoms with Crippen molar-refractivity contribution in [3.8, 4) is 0 Å². The summed E-state index contributed by atoms with van der Waals surface area (Å²) in [7, 11) is 4.32. The average Bonchev–Trinajstić information content (AvgIpc) is 2.40. The molecule has 0 saturated heterocycles. The van der Waals surface area contributed by atoms with Gasteiger partial charge in [0, 0.05) is 18.4 Å². The Morgan fingerprint density at radius 1 is 0.944 bits per heavy atom. The van der Waals surface area contributed by atoms with Crippen LogP contribution >= 0.6 is 0 Å². The van der Waals surface area contributed by atoms with E-state index < -0.39 is 0 Å². The summed E-state index contributed by atoms with van der Waals surface area (Å²) in [6, 6.07) is 0.712. The van der Waals surface area contributed by atoms with E-state index in [1.165, 1.54) is 44.9 Å². The lowest BCUT2D eigenvalue weighted by Crippen LogP contribution is -2.34. The van der Waals surface area contributed by atoms with Crippen molar-refractivity contribution in [1.82, 2.24) is 4.90 Å². The Kier molecular flexibility index (Phi) is 5.23. The Balaban J connectivity index is 1.73. The van der Waals surface area contributed by atoms with Gasteiger partial charge < -0.3 is 4.90 Å². The topological polar surface area (TPSA) is 20.3 Å². The number of carbonyl (C=O) groups excluding carboxylic acids is 1. The standard InChI is InChI=1S/C16H29NO/c1-17(2)15-10-8-14(9-11-15)16(18)12-13-6-4-3-5-7-13/h13-15H,3-12H2,1-2H3. The van der Waals surface area contributed by atoms with Crippen LogP contribution in [0.1, 0.15) is 64.2 Å². The first-order valence-electron chi connectivity index (χ1n) is 7.86. The van der Waals surface area contributed by atoms with Crippen molar-refractivity contribution < 1.29 is 4.79 Å². The van der Waals surface area contributed by atoms with Crippen LogP contribution in [-0.4, -0.2) is 30.8 Å². The van der Waals surface area contributed by atoms with E-state index in [1.807, 2.05) is 0 Å². The van der Waals surface area contributed by atoms with Crippen LogP contribution in [0.15, 0.2) is 0 Å². The van der Waals surface area contributed by atoms with Crippen molar-refractivity contribution in [3.63, 3.8) is 0 Å². The molecule has 18 heavy (non-hydrogen) atoms. The highest BCUT2D eigenvalue weighted by molar-refractivity contribution is 5.81. The molecule has 0 aliphatic heterocycles. The summed E-state index contributed by atoms with van der Waals surface area (Å²) in [4.78, 5) is 14.7. The van der Waals surface area contributed by atoms with Crippen molar-refractivity contribution in [2.24, 2.45) is 11.8 Å². The number of ketones is 1. The highest BCUT2D eigenvalue weighted by Crippen LogP contribution is 2.32. The van der Waals surface area contributed by atoms with Gasteiger partial charge in [-0.2, -0.15) is 0 Å². The molecule has 2 aliphatic rings. The fraction of sp³-hybridized carbons (Fsp3) is 0.938. The van der Waals surface area contributed by atoms with Crippen LogP contribution in [0.2, 0.25) is 0 Å². The maximum atomic E-state index is 12.3. The van der Waals surface area contributed by atoms with E-state index in [2.05, 4.69) is 19.0 Å². The number of rotatable bonds is 4. The van der Waals surface area contributed by atoms with Crippen molar-refractivity contribution in [2.45, 2.75) is 70.3 Å². The van der Waals surface area contributed by atoms with Gasteiger partial charge in [-0.15, -0.1) is 0 Å². The zero-order valence-corrected chi connectivity index (χ0v) is 12.2. The molecule has 0 amide bonds. The summed E-state index contributed by atoms with van der Waals surface area (Å²) < 4.78 is 0. The zero-order chi connectivity index (χ0) is 13.0. The SMILES string of the molecule is CN(C)C1CCC(C(=O)CC2CCCCC2)CC1. The lowest BCUT2D eigenvalue weighted by molar-refractivity contribution is -0.125. The third-order valence-electron chi connectivity index (χ3n) is 5.10. The lowest BCUT2D eigenvalue weighted by atomic mass is 9.78. The van der Waals surface area contributed by atoms with Crippen molar-refractivity contribution in [1.29, 1.82) is 0 Å². The molecule has 2 saturated carbocycles. The molecule has 0 bridgehead atoms. The molecule has 104 valence electrons. The van der Waals surface area contributed by atoms with Gasteiger partial charge in [-0.05, 0) is 45.7 Å². The van der Waals surface area contributed by atoms with E-state index in [9.17, 15) is 4.79 Å². The maximum Gasteiger partial charge on any atom is 0.136 e. The van der Waals surface area contributed by atoms with E-state index in [4.69, 9.17) is 0 Å². The van der Waals surface area contributed by atoms with E-state index in [0.29, 0.717) is 17.7 Å². The molecular formula is C16H29NO. The minimum absolute atomic E-state index is 0.392. The van der Waals surface area contributed by atoms with Gasteiger partial charge >= 0.3 is 0 Å². The predicted molar refractivity (Wildman–Crippen MR) is 75.6 cm³/mol. The third-order valence-corrected chi connectivity index (χ3v) is 5.10. The molecule has 2 heteroatoms. The smallest absolute Gasteiger partial charge is 0.136 e. The molecule has 0 atom stereocenters. The number of Topliss-reactive ketones (excluding diaryl/α,β-unsaturated/α-hetero) is 1. The van der Waals surface area contributed by atoms with Gasteiger partial charge in [0.15, 0.2) is 0 Å². The Hall–Kier alpha value is -0.370. The Bertz CT molecular complexity index is 260. The first-order valence-corrected chi connectivity index (χ1v) is 7.86. The van der Waals surface area contributed by atoms with Crippen LogP contribution in [0, 0.1) is 11.8 Å². The van der Waals surface area contributed by atoms with Gasteiger partial charge in [-0.3, -0.25) is 4.79 Å². The molecule has 0 radical (unpaired) electrons. The second-order valence-electron chi connectivity index (χ2n) is 6.64. The molecule has 2 fully saturated rings.